The van der Waals surface area contributed by atoms with Crippen LogP contribution in [0.1, 0.15) is 15.6 Å². The number of hydrogen-bond acceptors (Lipinski definition) is 4. The predicted molar refractivity (Wildman–Crippen MR) is 43.6 cm³/mol. The van der Waals surface area contributed by atoms with E-state index in [1.54, 1.807) is 0 Å². The maximum absolute atomic E-state index is 10.4. The first-order valence-corrected chi connectivity index (χ1v) is 4.09. The summed E-state index contributed by atoms with van der Waals surface area (Å²) >= 11 is 1.42. The van der Waals surface area contributed by atoms with E-state index in [1.807, 2.05) is 6.92 Å². The molecule has 4 nitrogen and oxygen atoms in total. The molecule has 0 saturated carbocycles. The normalized spacial score (nSPS) is 10.8. The Bertz CT molecular complexity index is 411. The van der Waals surface area contributed by atoms with E-state index in [0.29, 0.717) is 5.71 Å². The molecule has 0 bridgehead atoms. The topological polar surface area (TPSA) is 63.3 Å². The fourth-order valence-electron chi connectivity index (χ4n) is 0.946. The zero-order valence-electron chi connectivity index (χ0n) is 6.20. The van der Waals surface area contributed by atoms with E-state index < -0.39 is 5.97 Å². The fraction of sp³-hybridized carbons (Fsp3) is 0.143. The number of thiazole rings is 1. The molecule has 0 fully saturated rings. The summed E-state index contributed by atoms with van der Waals surface area (Å²) in [7, 11) is 0. The highest BCUT2D eigenvalue weighted by Gasteiger charge is 2.12. The molecule has 0 aliphatic carbocycles. The number of nitrogens with zero attached hydrogens (tertiary/aromatic N) is 1. The largest absolute Gasteiger partial charge is 0.475 e. The molecule has 0 saturated heterocycles. The summed E-state index contributed by atoms with van der Waals surface area (Å²) in [5, 5.41) is 9.43. The minimum atomic E-state index is -1.06. The zero-order valence-corrected chi connectivity index (χ0v) is 7.01. The predicted octanol–water partition coefficient (Wildman–Crippen LogP) is 1.90. The van der Waals surface area contributed by atoms with E-state index in [0.717, 1.165) is 9.71 Å². The smallest absolute Gasteiger partial charge is 0.371 e. The summed E-state index contributed by atoms with van der Waals surface area (Å²) in [6.07, 6.45) is 0. The van der Waals surface area contributed by atoms with Crippen LogP contribution >= 0.6 is 11.3 Å². The average Bonchev–Trinajstić information content (AvgIpc) is 2.42. The SMILES string of the molecule is Cc1nc2oc(C(=O)O)cc2s1. The molecule has 2 aromatic rings. The maximum Gasteiger partial charge on any atom is 0.371 e. The maximum atomic E-state index is 10.4. The molecule has 0 spiro atoms. The molecule has 0 atom stereocenters. The minimum absolute atomic E-state index is 0.0521. The van der Waals surface area contributed by atoms with E-state index in [2.05, 4.69) is 4.98 Å². The molecule has 0 aromatic carbocycles. The Hall–Kier alpha value is -1.36. The van der Waals surface area contributed by atoms with Gasteiger partial charge in [0.25, 0.3) is 0 Å². The summed E-state index contributed by atoms with van der Waals surface area (Å²) in [5.74, 6) is -1.11. The summed E-state index contributed by atoms with van der Waals surface area (Å²) in [4.78, 5) is 14.4. The van der Waals surface area contributed by atoms with E-state index in [4.69, 9.17) is 9.52 Å². The summed E-state index contributed by atoms with van der Waals surface area (Å²) < 4.78 is 5.73. The second kappa shape index (κ2) is 2.31. The van der Waals surface area contributed by atoms with Crippen molar-refractivity contribution < 1.29 is 14.3 Å². The van der Waals surface area contributed by atoms with Crippen LogP contribution in [-0.4, -0.2) is 16.1 Å². The van der Waals surface area contributed by atoms with E-state index in [-0.39, 0.29) is 5.76 Å². The van der Waals surface area contributed by atoms with Crippen molar-refractivity contribution in [2.75, 3.05) is 0 Å². The second-order valence-electron chi connectivity index (χ2n) is 2.32. The van der Waals surface area contributed by atoms with Crippen LogP contribution < -0.4 is 0 Å². The van der Waals surface area contributed by atoms with Crippen LogP contribution in [0.4, 0.5) is 0 Å². The Balaban J connectivity index is 2.64. The van der Waals surface area contributed by atoms with Gasteiger partial charge in [0.1, 0.15) is 0 Å². The number of aromatic carboxylic acids is 1. The van der Waals surface area contributed by atoms with Crippen molar-refractivity contribution in [2.45, 2.75) is 6.92 Å². The van der Waals surface area contributed by atoms with Gasteiger partial charge in [0, 0.05) is 6.07 Å². The molecule has 0 radical (unpaired) electrons. The van der Waals surface area contributed by atoms with Crippen LogP contribution in [0.5, 0.6) is 0 Å². The molecule has 0 amide bonds. The van der Waals surface area contributed by atoms with Gasteiger partial charge in [-0.3, -0.25) is 0 Å². The van der Waals surface area contributed by atoms with Gasteiger partial charge in [-0.25, -0.2) is 9.78 Å². The van der Waals surface area contributed by atoms with Crippen molar-refractivity contribution in [2.24, 2.45) is 0 Å². The minimum Gasteiger partial charge on any atom is -0.475 e. The van der Waals surface area contributed by atoms with Crippen LogP contribution in [0.3, 0.4) is 0 Å². The van der Waals surface area contributed by atoms with Gasteiger partial charge in [-0.05, 0) is 6.92 Å². The number of carbonyl (C=O) groups is 1. The van der Waals surface area contributed by atoms with Crippen LogP contribution in [0.15, 0.2) is 10.5 Å². The molecule has 62 valence electrons. The van der Waals surface area contributed by atoms with Gasteiger partial charge in [-0.2, -0.15) is 0 Å². The molecule has 2 heterocycles. The van der Waals surface area contributed by atoms with Gasteiger partial charge in [0.2, 0.25) is 11.5 Å². The summed E-state index contributed by atoms with van der Waals surface area (Å²) in [6, 6.07) is 1.49. The van der Waals surface area contributed by atoms with Crippen LogP contribution in [-0.2, 0) is 0 Å². The lowest BCUT2D eigenvalue weighted by atomic mass is 10.5. The van der Waals surface area contributed by atoms with E-state index >= 15 is 0 Å². The van der Waals surface area contributed by atoms with Gasteiger partial charge >= 0.3 is 5.97 Å². The molecule has 2 rings (SSSR count). The summed E-state index contributed by atoms with van der Waals surface area (Å²) in [5.41, 5.74) is 0.412. The van der Waals surface area contributed by atoms with Gasteiger partial charge in [0.15, 0.2) is 0 Å². The van der Waals surface area contributed by atoms with Gasteiger partial charge < -0.3 is 9.52 Å². The Morgan fingerprint density at radius 2 is 2.50 bits per heavy atom. The van der Waals surface area contributed by atoms with Crippen molar-refractivity contribution in [3.05, 3.63) is 16.8 Å². The molecule has 2 aromatic heterocycles. The van der Waals surface area contributed by atoms with Crippen molar-refractivity contribution in [1.82, 2.24) is 4.98 Å². The van der Waals surface area contributed by atoms with Gasteiger partial charge in [0.05, 0.1) is 9.71 Å². The van der Waals surface area contributed by atoms with Crippen LogP contribution in [0.25, 0.3) is 10.4 Å². The molecular formula is C7H5NO3S. The number of aryl methyl sites for hydroxylation is 1. The average molecular weight is 183 g/mol. The van der Waals surface area contributed by atoms with Crippen molar-refractivity contribution in [3.63, 3.8) is 0 Å². The third-order valence-corrected chi connectivity index (χ3v) is 2.31. The van der Waals surface area contributed by atoms with Crippen LogP contribution in [0.2, 0.25) is 0 Å². The fourth-order valence-corrected chi connectivity index (χ4v) is 1.73. The highest BCUT2D eigenvalue weighted by Crippen LogP contribution is 2.24. The van der Waals surface area contributed by atoms with Gasteiger partial charge in [-0.1, -0.05) is 0 Å². The summed E-state index contributed by atoms with van der Waals surface area (Å²) in [6.45, 7) is 1.85. The first-order valence-electron chi connectivity index (χ1n) is 3.27. The van der Waals surface area contributed by atoms with E-state index in [9.17, 15) is 4.79 Å². The lowest BCUT2D eigenvalue weighted by Gasteiger charge is -1.81. The molecular weight excluding hydrogens is 178 g/mol. The second-order valence-corrected chi connectivity index (χ2v) is 3.55. The monoisotopic (exact) mass is 183 g/mol. The van der Waals surface area contributed by atoms with Crippen molar-refractivity contribution >= 4 is 27.7 Å². The first-order chi connectivity index (χ1) is 5.66. The molecule has 12 heavy (non-hydrogen) atoms. The standard InChI is InChI=1S/C7H5NO3S/c1-3-8-6-5(12-3)2-4(11-6)7(9)10/h2H,1H3,(H,9,10). The highest BCUT2D eigenvalue weighted by atomic mass is 32.1. The van der Waals surface area contributed by atoms with Gasteiger partial charge in [-0.15, -0.1) is 11.3 Å². The third-order valence-electron chi connectivity index (χ3n) is 1.41. The number of carboxylic acids is 1. The van der Waals surface area contributed by atoms with Crippen molar-refractivity contribution in [3.8, 4) is 0 Å². The molecule has 5 heteroatoms. The number of rotatable bonds is 1. The van der Waals surface area contributed by atoms with E-state index in [1.165, 1.54) is 17.4 Å². The Labute approximate surface area is 71.5 Å². The Morgan fingerprint density at radius 1 is 1.75 bits per heavy atom. The number of aromatic nitrogens is 1. The molecule has 1 N–H and O–H groups in total. The molecule has 0 aliphatic rings. The lowest BCUT2D eigenvalue weighted by molar-refractivity contribution is 0.0664. The lowest BCUT2D eigenvalue weighted by Crippen LogP contribution is -1.91. The van der Waals surface area contributed by atoms with Crippen molar-refractivity contribution in [1.29, 1.82) is 0 Å². The number of carboxylic acid groups (broad SMARTS) is 1. The third kappa shape index (κ3) is 0.984. The highest BCUT2D eigenvalue weighted by molar-refractivity contribution is 7.18. The number of furan rings is 1. The Morgan fingerprint density at radius 3 is 3.08 bits per heavy atom. The molecule has 0 aliphatic heterocycles. The van der Waals surface area contributed by atoms with Crippen LogP contribution in [0, 0.1) is 6.92 Å². The Kier molecular flexibility index (Phi) is 1.41. The quantitative estimate of drug-likeness (QED) is 0.733. The molecule has 0 unspecified atom stereocenters. The number of hydrogen-bond donors (Lipinski definition) is 1. The first kappa shape index (κ1) is 7.30. The zero-order chi connectivity index (χ0) is 8.72. The number of fused-ring (bicyclic) bond motifs is 1.